The van der Waals surface area contributed by atoms with Crippen LogP contribution in [0, 0.1) is 6.92 Å². The van der Waals surface area contributed by atoms with Gasteiger partial charge in [-0.3, -0.25) is 4.79 Å². The highest BCUT2D eigenvalue weighted by atomic mass is 16.5. The van der Waals surface area contributed by atoms with Gasteiger partial charge in [-0.2, -0.15) is 0 Å². The van der Waals surface area contributed by atoms with Gasteiger partial charge in [-0.05, 0) is 67.8 Å². The molecule has 1 radical (unpaired) electrons. The highest BCUT2D eigenvalue weighted by Gasteiger charge is 2.05. The van der Waals surface area contributed by atoms with Crippen LogP contribution in [0.4, 0.5) is 0 Å². The lowest BCUT2D eigenvalue weighted by atomic mass is 10.2. The van der Waals surface area contributed by atoms with Gasteiger partial charge in [0.2, 0.25) is 0 Å². The topological polar surface area (TPSA) is 61.8 Å². The Bertz CT molecular complexity index is 776. The van der Waals surface area contributed by atoms with Crippen LogP contribution in [-0.2, 0) is 9.59 Å². The molecule has 0 aromatic heterocycles. The highest BCUT2D eigenvalue weighted by Crippen LogP contribution is 2.19. The van der Waals surface area contributed by atoms with E-state index in [9.17, 15) is 9.59 Å². The molecule has 5 nitrogen and oxygen atoms in total. The fourth-order valence-electron chi connectivity index (χ4n) is 2.26. The number of carbonyl (C=O) groups excluding carboxylic acids is 2. The van der Waals surface area contributed by atoms with Crippen molar-refractivity contribution in [1.29, 1.82) is 0 Å². The number of hydrogen-bond acceptors (Lipinski definition) is 5. The van der Waals surface area contributed by atoms with Gasteiger partial charge in [-0.1, -0.05) is 25.5 Å². The van der Waals surface area contributed by atoms with Crippen LogP contribution in [-0.4, -0.2) is 18.5 Å². The van der Waals surface area contributed by atoms with Crippen molar-refractivity contribution in [3.8, 4) is 17.2 Å². The molecule has 0 amide bonds. The molecule has 2 aromatic carbocycles. The standard InChI is InChI=1S/C23H25O5/c1-3-5-6-22(24)27-20-12-14-21(15-13-20)28-23(25)16-9-18-7-10-19(11-8-18)26-17-4-2/h7-16H,2-6,17H2,1H3/b16-9+. The van der Waals surface area contributed by atoms with E-state index in [1.165, 1.54) is 6.08 Å². The van der Waals surface area contributed by atoms with Gasteiger partial charge >= 0.3 is 11.9 Å². The van der Waals surface area contributed by atoms with Crippen molar-refractivity contribution < 1.29 is 23.8 Å². The molecule has 5 heteroatoms. The maximum atomic E-state index is 11.9. The number of rotatable bonds is 10. The lowest BCUT2D eigenvalue weighted by Crippen LogP contribution is -2.07. The molecular formula is C23H25O5. The smallest absolute Gasteiger partial charge is 0.336 e. The summed E-state index contributed by atoms with van der Waals surface area (Å²) in [5, 5.41) is 0. The first-order valence-corrected chi connectivity index (χ1v) is 9.33. The van der Waals surface area contributed by atoms with Gasteiger partial charge in [-0.15, -0.1) is 0 Å². The van der Waals surface area contributed by atoms with Crippen LogP contribution in [0.25, 0.3) is 6.08 Å². The second-order valence-electron chi connectivity index (χ2n) is 6.07. The van der Waals surface area contributed by atoms with Crippen LogP contribution in [0.15, 0.2) is 54.6 Å². The van der Waals surface area contributed by atoms with E-state index in [-0.39, 0.29) is 5.97 Å². The fourth-order valence-corrected chi connectivity index (χ4v) is 2.26. The summed E-state index contributed by atoms with van der Waals surface area (Å²) < 4.78 is 15.9. The van der Waals surface area contributed by atoms with Crippen molar-refractivity contribution in [3.63, 3.8) is 0 Å². The summed E-state index contributed by atoms with van der Waals surface area (Å²) >= 11 is 0. The SMILES string of the molecule is [CH2]CCOc1ccc(/C=C/C(=O)Oc2ccc(OC(=O)CCCC)cc2)cc1. The number of carbonyl (C=O) groups is 2. The largest absolute Gasteiger partial charge is 0.494 e. The second-order valence-corrected chi connectivity index (χ2v) is 6.07. The average molecular weight is 381 g/mol. The third-order valence-electron chi connectivity index (χ3n) is 3.71. The minimum Gasteiger partial charge on any atom is -0.494 e. The van der Waals surface area contributed by atoms with Crippen molar-refractivity contribution in [2.75, 3.05) is 6.61 Å². The summed E-state index contributed by atoms with van der Waals surface area (Å²) in [6, 6.07) is 13.7. The predicted octanol–water partition coefficient (Wildman–Crippen LogP) is 5.00. The molecule has 0 unspecified atom stereocenters. The van der Waals surface area contributed by atoms with Crippen molar-refractivity contribution in [2.45, 2.75) is 32.6 Å². The molecule has 0 atom stereocenters. The zero-order valence-corrected chi connectivity index (χ0v) is 16.1. The van der Waals surface area contributed by atoms with Crippen LogP contribution in [0.1, 0.15) is 38.2 Å². The minimum atomic E-state index is -0.495. The molecule has 28 heavy (non-hydrogen) atoms. The molecule has 0 fully saturated rings. The third-order valence-corrected chi connectivity index (χ3v) is 3.71. The van der Waals surface area contributed by atoms with Crippen molar-refractivity contribution >= 4 is 18.0 Å². The van der Waals surface area contributed by atoms with Crippen molar-refractivity contribution in [1.82, 2.24) is 0 Å². The minimum absolute atomic E-state index is 0.266. The van der Waals surface area contributed by atoms with E-state index >= 15 is 0 Å². The Labute approximate surface area is 165 Å². The first kappa shape index (κ1) is 21.2. The molecular weight excluding hydrogens is 356 g/mol. The van der Waals surface area contributed by atoms with Gasteiger partial charge in [0.1, 0.15) is 17.2 Å². The van der Waals surface area contributed by atoms with E-state index in [2.05, 4.69) is 6.92 Å². The van der Waals surface area contributed by atoms with Crippen molar-refractivity contribution in [3.05, 3.63) is 67.1 Å². The van der Waals surface area contributed by atoms with E-state index in [1.54, 1.807) is 30.3 Å². The summed E-state index contributed by atoms with van der Waals surface area (Å²) in [7, 11) is 0. The lowest BCUT2D eigenvalue weighted by Gasteiger charge is -2.05. The molecule has 2 aromatic rings. The molecule has 0 bridgehead atoms. The summed E-state index contributed by atoms with van der Waals surface area (Å²) in [4.78, 5) is 23.5. The van der Waals surface area contributed by atoms with E-state index in [0.29, 0.717) is 30.9 Å². The van der Waals surface area contributed by atoms with Crippen LogP contribution in [0.3, 0.4) is 0 Å². The third kappa shape index (κ3) is 7.66. The zero-order valence-electron chi connectivity index (χ0n) is 16.1. The summed E-state index contributed by atoms with van der Waals surface area (Å²) in [6.07, 6.45) is 5.84. The summed E-state index contributed by atoms with van der Waals surface area (Å²) in [5.74, 6) is 0.804. The molecule has 2 rings (SSSR count). The van der Waals surface area contributed by atoms with Crippen LogP contribution in [0.2, 0.25) is 0 Å². The summed E-state index contributed by atoms with van der Waals surface area (Å²) in [6.45, 7) is 6.30. The zero-order chi connectivity index (χ0) is 20.2. The Balaban J connectivity index is 1.83. The molecule has 0 aliphatic rings. The van der Waals surface area contributed by atoms with Gasteiger partial charge < -0.3 is 14.2 Å². The lowest BCUT2D eigenvalue weighted by molar-refractivity contribution is -0.134. The number of esters is 2. The molecule has 0 heterocycles. The number of unbranched alkanes of at least 4 members (excludes halogenated alkanes) is 1. The highest BCUT2D eigenvalue weighted by molar-refractivity contribution is 5.88. The molecule has 0 saturated carbocycles. The van der Waals surface area contributed by atoms with Gasteiger partial charge in [0.05, 0.1) is 6.61 Å². The molecule has 0 saturated heterocycles. The monoisotopic (exact) mass is 381 g/mol. The van der Waals surface area contributed by atoms with Crippen molar-refractivity contribution in [2.24, 2.45) is 0 Å². The van der Waals surface area contributed by atoms with E-state index < -0.39 is 5.97 Å². The van der Waals surface area contributed by atoms with Crippen LogP contribution >= 0.6 is 0 Å². The quantitative estimate of drug-likeness (QED) is 0.329. The second kappa shape index (κ2) is 11.6. The first-order valence-electron chi connectivity index (χ1n) is 9.33. The normalized spacial score (nSPS) is 10.6. The van der Waals surface area contributed by atoms with Gasteiger partial charge in [-0.25, -0.2) is 4.79 Å². The Hall–Kier alpha value is -3.08. The number of ether oxygens (including phenoxy) is 3. The Morgan fingerprint density at radius 3 is 2.14 bits per heavy atom. The van der Waals surface area contributed by atoms with Gasteiger partial charge in [0.25, 0.3) is 0 Å². The van der Waals surface area contributed by atoms with Gasteiger partial charge in [0.15, 0.2) is 0 Å². The first-order chi connectivity index (χ1) is 13.6. The summed E-state index contributed by atoms with van der Waals surface area (Å²) in [5.41, 5.74) is 0.855. The van der Waals surface area contributed by atoms with Crippen LogP contribution in [0.5, 0.6) is 17.2 Å². The average Bonchev–Trinajstić information content (AvgIpc) is 2.71. The molecule has 0 aliphatic carbocycles. The number of hydrogen-bond donors (Lipinski definition) is 0. The Morgan fingerprint density at radius 1 is 0.929 bits per heavy atom. The maximum Gasteiger partial charge on any atom is 0.336 e. The Morgan fingerprint density at radius 2 is 1.54 bits per heavy atom. The van der Waals surface area contributed by atoms with Crippen LogP contribution < -0.4 is 14.2 Å². The molecule has 0 aliphatic heterocycles. The maximum absolute atomic E-state index is 11.9. The number of benzene rings is 2. The predicted molar refractivity (Wildman–Crippen MR) is 108 cm³/mol. The Kier molecular flexibility index (Phi) is 8.79. The van der Waals surface area contributed by atoms with E-state index in [1.807, 2.05) is 31.2 Å². The molecule has 147 valence electrons. The van der Waals surface area contributed by atoms with E-state index in [0.717, 1.165) is 24.2 Å². The van der Waals surface area contributed by atoms with Gasteiger partial charge in [0, 0.05) is 12.5 Å². The molecule has 0 spiro atoms. The fraction of sp³-hybridized carbons (Fsp3) is 0.261. The van der Waals surface area contributed by atoms with E-state index in [4.69, 9.17) is 14.2 Å². The molecule has 0 N–H and O–H groups in total.